The Labute approximate surface area is 173 Å². The minimum Gasteiger partial charge on any atom is -0.304 e. The fourth-order valence-electron chi connectivity index (χ4n) is 2.98. The van der Waals surface area contributed by atoms with E-state index < -0.39 is 0 Å². The van der Waals surface area contributed by atoms with Crippen LogP contribution in [0.3, 0.4) is 0 Å². The average Bonchev–Trinajstić information content (AvgIpc) is 2.67. The normalized spacial score (nSPS) is 11.2. The van der Waals surface area contributed by atoms with Crippen molar-refractivity contribution >= 4 is 10.8 Å². The summed E-state index contributed by atoms with van der Waals surface area (Å²) in [5, 5.41) is 2.30. The molecule has 4 aromatic rings. The number of benzene rings is 2. The summed E-state index contributed by atoms with van der Waals surface area (Å²) in [6.45, 7) is 6.34. The Morgan fingerprint density at radius 1 is 0.852 bits per heavy atom. The summed E-state index contributed by atoms with van der Waals surface area (Å²) < 4.78 is 0. The first-order chi connectivity index (χ1) is 12.5. The van der Waals surface area contributed by atoms with Crippen LogP contribution in [0.25, 0.3) is 33.2 Å². The van der Waals surface area contributed by atoms with Crippen LogP contribution in [0, 0.1) is 6.07 Å². The van der Waals surface area contributed by atoms with Crippen molar-refractivity contribution in [1.29, 1.82) is 0 Å². The van der Waals surface area contributed by atoms with E-state index in [1.54, 1.807) is 0 Å². The van der Waals surface area contributed by atoms with E-state index in [9.17, 15) is 0 Å². The quantitative estimate of drug-likeness (QED) is 0.324. The zero-order valence-corrected chi connectivity index (χ0v) is 17.9. The van der Waals surface area contributed by atoms with Gasteiger partial charge in [-0.15, -0.1) is 29.8 Å². The first-order valence-electron chi connectivity index (χ1n) is 8.71. The third-order valence-corrected chi connectivity index (χ3v) is 4.39. The van der Waals surface area contributed by atoms with Crippen molar-refractivity contribution in [1.82, 2.24) is 15.0 Å². The van der Waals surface area contributed by atoms with Crippen molar-refractivity contribution < 1.29 is 20.1 Å². The second-order valence-corrected chi connectivity index (χ2v) is 7.42. The van der Waals surface area contributed by atoms with Crippen molar-refractivity contribution in [2.45, 2.75) is 26.2 Å². The molecular weight excluding hydrogens is 510 g/mol. The summed E-state index contributed by atoms with van der Waals surface area (Å²) >= 11 is 0. The smallest absolute Gasteiger partial charge is 0.133 e. The molecule has 0 aliphatic rings. The fourth-order valence-corrected chi connectivity index (χ4v) is 2.98. The third kappa shape index (κ3) is 3.97. The van der Waals surface area contributed by atoms with Gasteiger partial charge in [-0.2, -0.15) is 0 Å². The second-order valence-electron chi connectivity index (χ2n) is 7.42. The van der Waals surface area contributed by atoms with Gasteiger partial charge in [0.2, 0.25) is 0 Å². The SMILES string of the molecule is CC(C)(C)c1ncc(-c2cc[c-]c(-c3nccc4ccccc34)c2)cn1.[Ir]. The Kier molecular flexibility index (Phi) is 5.50. The van der Waals surface area contributed by atoms with E-state index in [1.165, 1.54) is 5.39 Å². The fraction of sp³-hybridized carbons (Fsp3) is 0.174. The minimum absolute atomic E-state index is 0. The van der Waals surface area contributed by atoms with Gasteiger partial charge in [0, 0.05) is 49.7 Å². The van der Waals surface area contributed by atoms with Gasteiger partial charge in [0.25, 0.3) is 0 Å². The zero-order chi connectivity index (χ0) is 18.1. The Bertz CT molecular complexity index is 1060. The Balaban J connectivity index is 0.00000210. The van der Waals surface area contributed by atoms with Gasteiger partial charge in [-0.3, -0.25) is 0 Å². The molecule has 0 N–H and O–H groups in total. The Hall–Kier alpha value is -2.42. The molecule has 0 aliphatic heterocycles. The molecule has 0 bridgehead atoms. The van der Waals surface area contributed by atoms with E-state index in [-0.39, 0.29) is 25.5 Å². The van der Waals surface area contributed by atoms with Crippen LogP contribution in [0.5, 0.6) is 0 Å². The van der Waals surface area contributed by atoms with E-state index in [0.29, 0.717) is 0 Å². The molecule has 137 valence electrons. The first kappa shape index (κ1) is 19.3. The van der Waals surface area contributed by atoms with Gasteiger partial charge in [0.1, 0.15) is 5.82 Å². The minimum atomic E-state index is -0.0545. The summed E-state index contributed by atoms with van der Waals surface area (Å²) in [5.74, 6) is 0.847. The van der Waals surface area contributed by atoms with Crippen molar-refractivity contribution in [3.05, 3.63) is 79.0 Å². The standard InChI is InChI=1S/C23H20N3.Ir/c1-23(2,3)22-25-14-19(15-26-22)17-8-6-9-18(13-17)21-20-10-5-4-7-16(20)11-12-24-21;/h4-8,10-15H,1-3H3;/q-1;. The molecule has 0 unspecified atom stereocenters. The molecule has 4 heteroatoms. The van der Waals surface area contributed by atoms with Gasteiger partial charge >= 0.3 is 0 Å². The summed E-state index contributed by atoms with van der Waals surface area (Å²) in [5.41, 5.74) is 3.92. The molecule has 0 spiro atoms. The first-order valence-corrected chi connectivity index (χ1v) is 8.71. The van der Waals surface area contributed by atoms with Crippen molar-refractivity contribution in [2.24, 2.45) is 0 Å². The zero-order valence-electron chi connectivity index (χ0n) is 15.5. The average molecular weight is 531 g/mol. The predicted molar refractivity (Wildman–Crippen MR) is 106 cm³/mol. The molecule has 2 heterocycles. The predicted octanol–water partition coefficient (Wildman–Crippen LogP) is 5.45. The molecule has 0 atom stereocenters. The molecule has 4 rings (SSSR count). The molecule has 2 aromatic carbocycles. The van der Waals surface area contributed by atoms with Crippen molar-refractivity contribution in [3.63, 3.8) is 0 Å². The maximum absolute atomic E-state index is 4.60. The van der Waals surface area contributed by atoms with Crippen molar-refractivity contribution in [3.8, 4) is 22.4 Å². The maximum atomic E-state index is 4.60. The third-order valence-electron chi connectivity index (χ3n) is 4.39. The summed E-state index contributed by atoms with van der Waals surface area (Å²) in [6, 6.07) is 19.7. The molecule has 0 saturated heterocycles. The topological polar surface area (TPSA) is 38.7 Å². The largest absolute Gasteiger partial charge is 0.304 e. The van der Waals surface area contributed by atoms with Gasteiger partial charge in [0.05, 0.1) is 0 Å². The Morgan fingerprint density at radius 3 is 2.33 bits per heavy atom. The number of hydrogen-bond acceptors (Lipinski definition) is 3. The van der Waals surface area contributed by atoms with E-state index in [2.05, 4.69) is 60.0 Å². The summed E-state index contributed by atoms with van der Waals surface area (Å²) in [6.07, 6.45) is 5.63. The number of aromatic nitrogens is 3. The number of pyridine rings is 1. The van der Waals surface area contributed by atoms with Gasteiger partial charge in [-0.05, 0) is 22.5 Å². The van der Waals surface area contributed by atoms with Crippen LogP contribution in [0.2, 0.25) is 0 Å². The molecule has 3 nitrogen and oxygen atoms in total. The molecule has 27 heavy (non-hydrogen) atoms. The van der Waals surface area contributed by atoms with Crippen LogP contribution in [0.4, 0.5) is 0 Å². The van der Waals surface area contributed by atoms with Crippen LogP contribution < -0.4 is 0 Å². The van der Waals surface area contributed by atoms with E-state index in [0.717, 1.165) is 33.6 Å². The molecule has 0 aliphatic carbocycles. The molecular formula is C23H20IrN3-. The van der Waals surface area contributed by atoms with E-state index >= 15 is 0 Å². The molecule has 0 fully saturated rings. The number of fused-ring (bicyclic) bond motifs is 1. The Morgan fingerprint density at radius 2 is 1.59 bits per heavy atom. The van der Waals surface area contributed by atoms with Gasteiger partial charge in [-0.25, -0.2) is 9.97 Å². The number of nitrogens with zero attached hydrogens (tertiary/aromatic N) is 3. The van der Waals surface area contributed by atoms with Gasteiger partial charge in [0.15, 0.2) is 0 Å². The summed E-state index contributed by atoms with van der Waals surface area (Å²) in [4.78, 5) is 13.7. The number of rotatable bonds is 2. The monoisotopic (exact) mass is 531 g/mol. The van der Waals surface area contributed by atoms with E-state index in [1.807, 2.05) is 48.9 Å². The van der Waals surface area contributed by atoms with Crippen LogP contribution in [-0.4, -0.2) is 15.0 Å². The van der Waals surface area contributed by atoms with E-state index in [4.69, 9.17) is 0 Å². The van der Waals surface area contributed by atoms with Crippen LogP contribution >= 0.6 is 0 Å². The summed E-state index contributed by atoms with van der Waals surface area (Å²) in [7, 11) is 0. The number of hydrogen-bond donors (Lipinski definition) is 0. The van der Waals surface area contributed by atoms with Crippen molar-refractivity contribution in [2.75, 3.05) is 0 Å². The molecule has 0 amide bonds. The maximum Gasteiger partial charge on any atom is 0.133 e. The van der Waals surface area contributed by atoms with Gasteiger partial charge in [-0.1, -0.05) is 50.6 Å². The van der Waals surface area contributed by atoms with Gasteiger partial charge < -0.3 is 4.98 Å². The van der Waals surface area contributed by atoms with Crippen LogP contribution in [0.1, 0.15) is 26.6 Å². The molecule has 0 saturated carbocycles. The van der Waals surface area contributed by atoms with Crippen LogP contribution in [0.15, 0.2) is 67.1 Å². The molecule has 2 aromatic heterocycles. The second kappa shape index (κ2) is 7.67. The molecule has 1 radical (unpaired) electrons. The van der Waals surface area contributed by atoms with Crippen LogP contribution in [-0.2, 0) is 25.5 Å².